The SMILES string of the molecule is CCCCc1ccc(C(Br)c2cccc(Cl)c2F)cc1. The first-order chi connectivity index (χ1) is 9.63. The van der Waals surface area contributed by atoms with Gasteiger partial charge in [-0.2, -0.15) is 0 Å². The quantitative estimate of drug-likeness (QED) is 0.552. The van der Waals surface area contributed by atoms with Gasteiger partial charge in [0.05, 0.1) is 9.85 Å². The average Bonchev–Trinajstić information content (AvgIpc) is 2.48. The minimum atomic E-state index is -0.355. The number of unbranched alkanes of at least 4 members (excludes halogenated alkanes) is 1. The van der Waals surface area contributed by atoms with E-state index in [1.165, 1.54) is 18.4 Å². The second-order valence-electron chi connectivity index (χ2n) is 4.85. The van der Waals surface area contributed by atoms with Crippen LogP contribution >= 0.6 is 27.5 Å². The lowest BCUT2D eigenvalue weighted by Crippen LogP contribution is -1.97. The number of rotatable bonds is 5. The summed E-state index contributed by atoms with van der Waals surface area (Å²) in [5.41, 5.74) is 2.92. The first-order valence-electron chi connectivity index (χ1n) is 6.80. The van der Waals surface area contributed by atoms with Gasteiger partial charge in [0.25, 0.3) is 0 Å². The van der Waals surface area contributed by atoms with Gasteiger partial charge in [-0.25, -0.2) is 4.39 Å². The molecule has 0 saturated carbocycles. The monoisotopic (exact) mass is 354 g/mol. The summed E-state index contributed by atoms with van der Waals surface area (Å²) in [4.78, 5) is -0.179. The highest BCUT2D eigenvalue weighted by Gasteiger charge is 2.16. The van der Waals surface area contributed by atoms with Crippen LogP contribution in [0.25, 0.3) is 0 Å². The zero-order chi connectivity index (χ0) is 14.5. The van der Waals surface area contributed by atoms with Crippen molar-refractivity contribution in [3.05, 3.63) is 70.0 Å². The molecule has 0 radical (unpaired) electrons. The van der Waals surface area contributed by atoms with E-state index in [1.54, 1.807) is 18.2 Å². The van der Waals surface area contributed by atoms with Crippen LogP contribution in [0.5, 0.6) is 0 Å². The van der Waals surface area contributed by atoms with Gasteiger partial charge < -0.3 is 0 Å². The molecule has 0 heterocycles. The second-order valence-corrected chi connectivity index (χ2v) is 6.17. The van der Waals surface area contributed by atoms with Crippen molar-refractivity contribution < 1.29 is 4.39 Å². The minimum absolute atomic E-state index is 0.159. The van der Waals surface area contributed by atoms with E-state index in [4.69, 9.17) is 11.6 Å². The summed E-state index contributed by atoms with van der Waals surface area (Å²) >= 11 is 9.39. The van der Waals surface area contributed by atoms with Crippen LogP contribution in [0.2, 0.25) is 5.02 Å². The van der Waals surface area contributed by atoms with Crippen LogP contribution in [0.3, 0.4) is 0 Å². The topological polar surface area (TPSA) is 0 Å². The molecule has 2 rings (SSSR count). The molecular weight excluding hydrogens is 339 g/mol. The van der Waals surface area contributed by atoms with Crippen molar-refractivity contribution in [3.63, 3.8) is 0 Å². The molecule has 2 aromatic rings. The molecule has 0 aliphatic carbocycles. The molecule has 0 nitrogen and oxygen atoms in total. The Morgan fingerprint density at radius 2 is 1.85 bits per heavy atom. The van der Waals surface area contributed by atoms with Crippen LogP contribution in [-0.4, -0.2) is 0 Å². The minimum Gasteiger partial charge on any atom is -0.205 e. The van der Waals surface area contributed by atoms with Crippen LogP contribution in [0.15, 0.2) is 42.5 Å². The maximum absolute atomic E-state index is 14.0. The number of hydrogen-bond acceptors (Lipinski definition) is 0. The molecule has 106 valence electrons. The molecule has 0 aromatic heterocycles. The molecule has 2 aromatic carbocycles. The maximum atomic E-state index is 14.0. The summed E-state index contributed by atoms with van der Waals surface area (Å²) in [6.07, 6.45) is 3.48. The Morgan fingerprint density at radius 1 is 1.15 bits per heavy atom. The zero-order valence-corrected chi connectivity index (χ0v) is 13.7. The molecule has 1 unspecified atom stereocenters. The van der Waals surface area contributed by atoms with Crippen molar-refractivity contribution >= 4 is 27.5 Å². The van der Waals surface area contributed by atoms with E-state index in [1.807, 2.05) is 12.1 Å². The van der Waals surface area contributed by atoms with Crippen molar-refractivity contribution in [1.29, 1.82) is 0 Å². The molecular formula is C17H17BrClF. The smallest absolute Gasteiger partial charge is 0.146 e. The third kappa shape index (κ3) is 3.62. The molecule has 0 aliphatic rings. The summed E-state index contributed by atoms with van der Waals surface area (Å²) in [6, 6.07) is 13.4. The van der Waals surface area contributed by atoms with Crippen molar-refractivity contribution in [1.82, 2.24) is 0 Å². The highest BCUT2D eigenvalue weighted by Crippen LogP contribution is 2.34. The van der Waals surface area contributed by atoms with Crippen LogP contribution in [0.1, 0.15) is 41.3 Å². The molecule has 0 spiro atoms. The van der Waals surface area contributed by atoms with Crippen LogP contribution in [0, 0.1) is 5.82 Å². The maximum Gasteiger partial charge on any atom is 0.146 e. The van der Waals surface area contributed by atoms with Crippen molar-refractivity contribution in [2.45, 2.75) is 31.0 Å². The van der Waals surface area contributed by atoms with E-state index in [0.717, 1.165) is 12.0 Å². The lowest BCUT2D eigenvalue weighted by molar-refractivity contribution is 0.614. The van der Waals surface area contributed by atoms with Crippen molar-refractivity contribution in [2.75, 3.05) is 0 Å². The molecule has 20 heavy (non-hydrogen) atoms. The highest BCUT2D eigenvalue weighted by atomic mass is 79.9. The van der Waals surface area contributed by atoms with Gasteiger partial charge in [0.1, 0.15) is 5.82 Å². The highest BCUT2D eigenvalue weighted by molar-refractivity contribution is 9.09. The number of hydrogen-bond donors (Lipinski definition) is 0. The number of aryl methyl sites for hydroxylation is 1. The van der Waals surface area contributed by atoms with E-state index in [0.29, 0.717) is 5.56 Å². The Morgan fingerprint density at radius 3 is 2.50 bits per heavy atom. The Labute approximate surface area is 133 Å². The van der Waals surface area contributed by atoms with Gasteiger partial charge in [-0.05, 0) is 30.0 Å². The van der Waals surface area contributed by atoms with Gasteiger partial charge in [0.15, 0.2) is 0 Å². The van der Waals surface area contributed by atoms with Crippen LogP contribution in [0.4, 0.5) is 4.39 Å². The van der Waals surface area contributed by atoms with Gasteiger partial charge in [-0.1, -0.05) is 77.3 Å². The fourth-order valence-electron chi connectivity index (χ4n) is 2.13. The molecule has 0 aliphatic heterocycles. The molecule has 3 heteroatoms. The fraction of sp³-hybridized carbons (Fsp3) is 0.294. The summed E-state index contributed by atoms with van der Waals surface area (Å²) < 4.78 is 14.0. The standard InChI is InChI=1S/C17H17BrClF/c1-2-3-5-12-8-10-13(11-9-12)16(18)14-6-4-7-15(19)17(14)20/h4,6-11,16H,2-3,5H2,1H3. The summed E-state index contributed by atoms with van der Waals surface area (Å²) in [6.45, 7) is 2.19. The summed E-state index contributed by atoms with van der Waals surface area (Å²) in [5.74, 6) is -0.355. The molecule has 0 bridgehead atoms. The van der Waals surface area contributed by atoms with E-state index in [9.17, 15) is 4.39 Å². The molecule has 0 saturated heterocycles. The van der Waals surface area contributed by atoms with Gasteiger partial charge in [0, 0.05) is 5.56 Å². The first-order valence-corrected chi connectivity index (χ1v) is 8.09. The molecule has 0 amide bonds. The van der Waals surface area contributed by atoms with Crippen LogP contribution in [-0.2, 0) is 6.42 Å². The molecule has 0 fully saturated rings. The van der Waals surface area contributed by atoms with E-state index >= 15 is 0 Å². The van der Waals surface area contributed by atoms with Gasteiger partial charge in [-0.15, -0.1) is 0 Å². The molecule has 1 atom stereocenters. The average molecular weight is 356 g/mol. The van der Waals surface area contributed by atoms with Gasteiger partial charge in [-0.3, -0.25) is 0 Å². The zero-order valence-electron chi connectivity index (χ0n) is 11.4. The predicted octanol–water partition coefficient (Wildman–Crippen LogP) is 6.31. The van der Waals surface area contributed by atoms with E-state index in [-0.39, 0.29) is 15.7 Å². The van der Waals surface area contributed by atoms with Crippen LogP contribution < -0.4 is 0 Å². The number of alkyl halides is 1. The lowest BCUT2D eigenvalue weighted by atomic mass is 10.0. The third-order valence-corrected chi connectivity index (χ3v) is 4.66. The van der Waals surface area contributed by atoms with Crippen molar-refractivity contribution in [2.24, 2.45) is 0 Å². The predicted molar refractivity (Wildman–Crippen MR) is 87.2 cm³/mol. The Hall–Kier alpha value is -0.860. The fourth-order valence-corrected chi connectivity index (χ4v) is 2.97. The van der Waals surface area contributed by atoms with Gasteiger partial charge >= 0.3 is 0 Å². The van der Waals surface area contributed by atoms with Crippen molar-refractivity contribution in [3.8, 4) is 0 Å². The Balaban J connectivity index is 2.20. The molecule has 0 N–H and O–H groups in total. The Bertz CT molecular complexity index is 566. The number of benzene rings is 2. The Kier molecular flexibility index (Phi) is 5.62. The normalized spacial score (nSPS) is 12.4. The van der Waals surface area contributed by atoms with Gasteiger partial charge in [0.2, 0.25) is 0 Å². The third-order valence-electron chi connectivity index (χ3n) is 3.35. The van der Waals surface area contributed by atoms with E-state index < -0.39 is 0 Å². The second kappa shape index (κ2) is 7.24. The summed E-state index contributed by atoms with van der Waals surface area (Å²) in [5, 5.41) is 0.159. The van der Waals surface area contributed by atoms with E-state index in [2.05, 4.69) is 35.0 Å². The summed E-state index contributed by atoms with van der Waals surface area (Å²) in [7, 11) is 0. The largest absolute Gasteiger partial charge is 0.205 e. The number of halogens is 3. The first kappa shape index (κ1) is 15.5. The lowest BCUT2D eigenvalue weighted by Gasteiger charge is -2.13.